The zero-order valence-electron chi connectivity index (χ0n) is 12.2. The monoisotopic (exact) mass is 291 g/mol. The minimum absolute atomic E-state index is 0.170. The van der Waals surface area contributed by atoms with E-state index in [4.69, 9.17) is 9.15 Å². The first-order valence-corrected chi connectivity index (χ1v) is 7.29. The fourth-order valence-corrected chi connectivity index (χ4v) is 2.28. The number of rotatable bonds is 6. The molecule has 0 radical (unpaired) electrons. The Morgan fingerprint density at radius 1 is 1.38 bits per heavy atom. The summed E-state index contributed by atoms with van der Waals surface area (Å²) in [6.07, 6.45) is 7.92. The summed E-state index contributed by atoms with van der Waals surface area (Å²) in [5, 5.41) is 2.62. The van der Waals surface area contributed by atoms with Crippen LogP contribution in [0, 0.1) is 11.8 Å². The SMILES string of the molecule is CC1CC=CCC1COC(=O)CCNC(=O)c1ccco1. The average molecular weight is 291 g/mol. The van der Waals surface area contributed by atoms with E-state index in [0.717, 1.165) is 12.8 Å². The molecule has 1 aliphatic rings. The molecule has 5 nitrogen and oxygen atoms in total. The number of hydrogen-bond acceptors (Lipinski definition) is 4. The first-order valence-electron chi connectivity index (χ1n) is 7.29. The van der Waals surface area contributed by atoms with Gasteiger partial charge in [0.15, 0.2) is 5.76 Å². The first kappa shape index (κ1) is 15.4. The topological polar surface area (TPSA) is 68.5 Å². The highest BCUT2D eigenvalue weighted by molar-refractivity contribution is 5.91. The van der Waals surface area contributed by atoms with Gasteiger partial charge in [0.1, 0.15) is 0 Å². The molecule has 2 atom stereocenters. The zero-order chi connectivity index (χ0) is 15.1. The van der Waals surface area contributed by atoms with Crippen molar-refractivity contribution >= 4 is 11.9 Å². The lowest BCUT2D eigenvalue weighted by Gasteiger charge is -2.24. The van der Waals surface area contributed by atoms with Gasteiger partial charge in [-0.15, -0.1) is 0 Å². The summed E-state index contributed by atoms with van der Waals surface area (Å²) in [6, 6.07) is 3.22. The smallest absolute Gasteiger partial charge is 0.307 e. The molecule has 0 spiro atoms. The number of allylic oxidation sites excluding steroid dienone is 2. The van der Waals surface area contributed by atoms with Crippen molar-refractivity contribution in [3.63, 3.8) is 0 Å². The van der Waals surface area contributed by atoms with Crippen molar-refractivity contribution in [1.82, 2.24) is 5.32 Å². The third-order valence-corrected chi connectivity index (χ3v) is 3.74. The van der Waals surface area contributed by atoms with E-state index >= 15 is 0 Å². The van der Waals surface area contributed by atoms with Gasteiger partial charge in [-0.3, -0.25) is 9.59 Å². The largest absolute Gasteiger partial charge is 0.465 e. The Hall–Kier alpha value is -2.04. The van der Waals surface area contributed by atoms with Crippen LogP contribution in [-0.2, 0) is 9.53 Å². The highest BCUT2D eigenvalue weighted by Gasteiger charge is 2.20. The van der Waals surface area contributed by atoms with Crippen LogP contribution in [0.2, 0.25) is 0 Å². The van der Waals surface area contributed by atoms with E-state index in [2.05, 4.69) is 24.4 Å². The molecule has 0 saturated carbocycles. The van der Waals surface area contributed by atoms with E-state index in [1.807, 2.05) is 0 Å². The van der Waals surface area contributed by atoms with Crippen LogP contribution in [0.15, 0.2) is 35.0 Å². The van der Waals surface area contributed by atoms with Crippen molar-refractivity contribution in [1.29, 1.82) is 0 Å². The van der Waals surface area contributed by atoms with Crippen molar-refractivity contribution in [3.8, 4) is 0 Å². The molecule has 1 aliphatic carbocycles. The normalized spacial score (nSPS) is 21.0. The Morgan fingerprint density at radius 2 is 2.19 bits per heavy atom. The van der Waals surface area contributed by atoms with Crippen molar-refractivity contribution in [3.05, 3.63) is 36.3 Å². The number of carbonyl (C=O) groups is 2. The van der Waals surface area contributed by atoms with Crippen LogP contribution >= 0.6 is 0 Å². The molecule has 114 valence electrons. The summed E-state index contributed by atoms with van der Waals surface area (Å²) in [5.74, 6) is 0.583. The molecule has 1 aromatic rings. The maximum atomic E-state index is 11.6. The van der Waals surface area contributed by atoms with Crippen LogP contribution in [-0.4, -0.2) is 25.0 Å². The van der Waals surface area contributed by atoms with E-state index < -0.39 is 0 Å². The lowest BCUT2D eigenvalue weighted by atomic mass is 9.85. The molecule has 1 N–H and O–H groups in total. The second-order valence-corrected chi connectivity index (χ2v) is 5.35. The molecule has 0 aliphatic heterocycles. The molecular weight excluding hydrogens is 270 g/mol. The molecule has 0 aromatic carbocycles. The Kier molecular flexibility index (Phi) is 5.60. The number of nitrogens with one attached hydrogen (secondary N) is 1. The lowest BCUT2D eigenvalue weighted by Crippen LogP contribution is -2.27. The maximum absolute atomic E-state index is 11.6. The third kappa shape index (κ3) is 4.77. The molecule has 0 saturated heterocycles. The van der Waals surface area contributed by atoms with Crippen LogP contribution in [0.1, 0.15) is 36.7 Å². The van der Waals surface area contributed by atoms with E-state index in [9.17, 15) is 9.59 Å². The maximum Gasteiger partial charge on any atom is 0.307 e. The lowest BCUT2D eigenvalue weighted by molar-refractivity contribution is -0.145. The Morgan fingerprint density at radius 3 is 2.90 bits per heavy atom. The molecule has 1 heterocycles. The fraction of sp³-hybridized carbons (Fsp3) is 0.500. The van der Waals surface area contributed by atoms with Crippen LogP contribution in [0.5, 0.6) is 0 Å². The van der Waals surface area contributed by atoms with E-state index in [0.29, 0.717) is 18.4 Å². The molecular formula is C16H21NO4. The summed E-state index contributed by atoms with van der Waals surface area (Å²) >= 11 is 0. The molecule has 1 amide bonds. The molecule has 2 rings (SSSR count). The second-order valence-electron chi connectivity index (χ2n) is 5.35. The van der Waals surface area contributed by atoms with E-state index in [1.165, 1.54) is 6.26 Å². The zero-order valence-corrected chi connectivity index (χ0v) is 12.2. The molecule has 2 unspecified atom stereocenters. The highest BCUT2D eigenvalue weighted by Crippen LogP contribution is 2.25. The van der Waals surface area contributed by atoms with Crippen molar-refractivity contribution < 1.29 is 18.7 Å². The van der Waals surface area contributed by atoms with E-state index in [1.54, 1.807) is 12.1 Å². The number of hydrogen-bond donors (Lipinski definition) is 1. The number of esters is 1. The summed E-state index contributed by atoms with van der Waals surface area (Å²) in [4.78, 5) is 23.2. The molecule has 1 aromatic heterocycles. The van der Waals surface area contributed by atoms with Gasteiger partial charge < -0.3 is 14.5 Å². The Balaban J connectivity index is 1.61. The molecule has 0 fully saturated rings. The summed E-state index contributed by atoms with van der Waals surface area (Å²) in [6.45, 7) is 2.88. The number of ether oxygens (including phenoxy) is 1. The van der Waals surface area contributed by atoms with Gasteiger partial charge in [0.2, 0.25) is 0 Å². The van der Waals surface area contributed by atoms with Crippen LogP contribution in [0.3, 0.4) is 0 Å². The van der Waals surface area contributed by atoms with Gasteiger partial charge in [0.05, 0.1) is 19.3 Å². The minimum atomic E-state index is -0.321. The Labute approximate surface area is 124 Å². The fourth-order valence-electron chi connectivity index (χ4n) is 2.28. The van der Waals surface area contributed by atoms with Crippen LogP contribution in [0.25, 0.3) is 0 Å². The van der Waals surface area contributed by atoms with Gasteiger partial charge >= 0.3 is 5.97 Å². The summed E-state index contributed by atoms with van der Waals surface area (Å²) in [5.41, 5.74) is 0. The third-order valence-electron chi connectivity index (χ3n) is 3.74. The van der Waals surface area contributed by atoms with E-state index in [-0.39, 0.29) is 30.6 Å². The highest BCUT2D eigenvalue weighted by atomic mass is 16.5. The molecule has 5 heteroatoms. The second kappa shape index (κ2) is 7.67. The van der Waals surface area contributed by atoms with Gasteiger partial charge in [0.25, 0.3) is 5.91 Å². The van der Waals surface area contributed by atoms with Crippen molar-refractivity contribution in [2.45, 2.75) is 26.2 Å². The van der Waals surface area contributed by atoms with Gasteiger partial charge in [-0.05, 0) is 36.8 Å². The summed E-state index contributed by atoms with van der Waals surface area (Å²) < 4.78 is 10.2. The average Bonchev–Trinajstić information content (AvgIpc) is 3.00. The predicted octanol–water partition coefficient (Wildman–Crippen LogP) is 2.55. The first-order chi connectivity index (χ1) is 10.2. The predicted molar refractivity (Wildman–Crippen MR) is 77.6 cm³/mol. The van der Waals surface area contributed by atoms with Gasteiger partial charge in [-0.25, -0.2) is 0 Å². The Bertz CT molecular complexity index is 492. The van der Waals surface area contributed by atoms with Crippen molar-refractivity contribution in [2.75, 3.05) is 13.2 Å². The molecule has 0 bridgehead atoms. The quantitative estimate of drug-likeness (QED) is 0.646. The van der Waals surface area contributed by atoms with Gasteiger partial charge in [0, 0.05) is 6.54 Å². The number of furan rings is 1. The summed E-state index contributed by atoms with van der Waals surface area (Å²) in [7, 11) is 0. The van der Waals surface area contributed by atoms with Gasteiger partial charge in [-0.1, -0.05) is 19.1 Å². The standard InChI is InChI=1S/C16H21NO4/c1-12-5-2-3-6-13(12)11-21-15(18)8-9-17-16(19)14-7-4-10-20-14/h2-4,7,10,12-13H,5-6,8-9,11H2,1H3,(H,17,19). The minimum Gasteiger partial charge on any atom is -0.465 e. The number of carbonyl (C=O) groups excluding carboxylic acids is 2. The van der Waals surface area contributed by atoms with Crippen LogP contribution < -0.4 is 5.32 Å². The molecule has 21 heavy (non-hydrogen) atoms. The number of amides is 1. The van der Waals surface area contributed by atoms with Crippen LogP contribution in [0.4, 0.5) is 0 Å². The van der Waals surface area contributed by atoms with Gasteiger partial charge in [-0.2, -0.15) is 0 Å². The van der Waals surface area contributed by atoms with Crippen molar-refractivity contribution in [2.24, 2.45) is 11.8 Å².